The third kappa shape index (κ3) is 2.62. The van der Waals surface area contributed by atoms with Gasteiger partial charge in [-0.2, -0.15) is 11.3 Å². The average Bonchev–Trinajstić information content (AvgIpc) is 3.14. The van der Waals surface area contributed by atoms with E-state index in [0.717, 1.165) is 12.8 Å². The highest BCUT2D eigenvalue weighted by Crippen LogP contribution is 2.34. The topological polar surface area (TPSA) is 36.4 Å². The first-order chi connectivity index (χ1) is 9.29. The van der Waals surface area contributed by atoms with E-state index in [9.17, 15) is 4.39 Å². The predicted molar refractivity (Wildman–Crippen MR) is 73.6 cm³/mol. The summed E-state index contributed by atoms with van der Waals surface area (Å²) in [4.78, 5) is 6.18. The van der Waals surface area contributed by atoms with Gasteiger partial charge in [0.05, 0.1) is 6.61 Å². The minimum absolute atomic E-state index is 0.293. The Bertz CT molecular complexity index is 555. The lowest BCUT2D eigenvalue weighted by atomic mass is 10.2. The molecule has 1 fully saturated rings. The maximum absolute atomic E-state index is 14.3. The molecule has 0 atom stereocenters. The molecule has 0 bridgehead atoms. The highest BCUT2D eigenvalue weighted by Gasteiger charge is 2.32. The maximum atomic E-state index is 14.3. The van der Waals surface area contributed by atoms with Crippen LogP contribution in [-0.4, -0.2) is 16.1 Å². The van der Waals surface area contributed by atoms with Crippen LogP contribution < -0.4 is 4.90 Å². The average molecular weight is 278 g/mol. The first-order valence-corrected chi connectivity index (χ1v) is 7.26. The van der Waals surface area contributed by atoms with E-state index in [0.29, 0.717) is 24.0 Å². The van der Waals surface area contributed by atoms with Gasteiger partial charge in [-0.25, -0.2) is 9.37 Å². The number of thiophene rings is 1. The normalized spacial score (nSPS) is 14.6. The van der Waals surface area contributed by atoms with Crippen LogP contribution in [0.3, 0.4) is 0 Å². The van der Waals surface area contributed by atoms with E-state index in [1.165, 1.54) is 11.6 Å². The quantitative estimate of drug-likeness (QED) is 0.913. The van der Waals surface area contributed by atoms with Gasteiger partial charge < -0.3 is 10.0 Å². The highest BCUT2D eigenvalue weighted by molar-refractivity contribution is 7.07. The molecule has 1 N–H and O–H groups in total. The second-order valence-electron chi connectivity index (χ2n) is 4.76. The highest BCUT2D eigenvalue weighted by atomic mass is 32.1. The van der Waals surface area contributed by atoms with Gasteiger partial charge in [0.25, 0.3) is 0 Å². The Balaban J connectivity index is 1.92. The molecular formula is C14H15FN2OS. The first kappa shape index (κ1) is 12.6. The van der Waals surface area contributed by atoms with Gasteiger partial charge >= 0.3 is 0 Å². The van der Waals surface area contributed by atoms with E-state index in [-0.39, 0.29) is 6.61 Å². The lowest BCUT2D eigenvalue weighted by Crippen LogP contribution is -2.27. The number of halogens is 1. The summed E-state index contributed by atoms with van der Waals surface area (Å²) >= 11 is 1.64. The first-order valence-electron chi connectivity index (χ1n) is 6.31. The molecule has 5 heteroatoms. The summed E-state index contributed by atoms with van der Waals surface area (Å²) in [6.07, 6.45) is 3.72. The van der Waals surface area contributed by atoms with E-state index in [2.05, 4.69) is 10.4 Å². The molecule has 0 saturated heterocycles. The summed E-state index contributed by atoms with van der Waals surface area (Å²) in [6.45, 7) is 0.380. The third-order valence-electron chi connectivity index (χ3n) is 3.31. The number of rotatable bonds is 5. The van der Waals surface area contributed by atoms with Crippen molar-refractivity contribution in [1.82, 2.24) is 4.98 Å². The number of anilines is 1. The van der Waals surface area contributed by atoms with Crippen molar-refractivity contribution in [2.24, 2.45) is 0 Å². The summed E-state index contributed by atoms with van der Waals surface area (Å²) in [5, 5.41) is 13.2. The van der Waals surface area contributed by atoms with Gasteiger partial charge in [0.1, 0.15) is 0 Å². The van der Waals surface area contributed by atoms with Crippen LogP contribution in [-0.2, 0) is 13.2 Å². The van der Waals surface area contributed by atoms with E-state index in [1.54, 1.807) is 17.5 Å². The summed E-state index contributed by atoms with van der Waals surface area (Å²) in [7, 11) is 0. The van der Waals surface area contributed by atoms with E-state index >= 15 is 0 Å². The Hall–Kier alpha value is -1.46. The SMILES string of the molecule is OCc1ccnc(N(Cc2ccsc2)C2CC2)c1F. The van der Waals surface area contributed by atoms with Crippen LogP contribution in [0.25, 0.3) is 0 Å². The van der Waals surface area contributed by atoms with E-state index < -0.39 is 5.82 Å². The smallest absolute Gasteiger partial charge is 0.171 e. The van der Waals surface area contributed by atoms with Crippen molar-refractivity contribution in [3.05, 3.63) is 46.0 Å². The van der Waals surface area contributed by atoms with Crippen LogP contribution in [0.15, 0.2) is 29.1 Å². The Morgan fingerprint density at radius 2 is 2.26 bits per heavy atom. The standard InChI is InChI=1S/C14H15FN2OS/c15-13-11(8-18)3-5-16-14(13)17(12-1-2-12)7-10-4-6-19-9-10/h3-6,9,12,18H,1-2,7-8H2. The lowest BCUT2D eigenvalue weighted by molar-refractivity contribution is 0.275. The van der Waals surface area contributed by atoms with Gasteiger partial charge in [0.15, 0.2) is 11.6 Å². The van der Waals surface area contributed by atoms with Crippen LogP contribution in [0.1, 0.15) is 24.0 Å². The lowest BCUT2D eigenvalue weighted by Gasteiger charge is -2.24. The van der Waals surface area contributed by atoms with Crippen molar-refractivity contribution in [2.75, 3.05) is 4.90 Å². The van der Waals surface area contributed by atoms with Crippen molar-refractivity contribution in [3.63, 3.8) is 0 Å². The number of aliphatic hydroxyl groups excluding tert-OH is 1. The fourth-order valence-electron chi connectivity index (χ4n) is 2.14. The molecule has 1 aliphatic carbocycles. The van der Waals surface area contributed by atoms with E-state index in [1.807, 2.05) is 16.3 Å². The molecule has 100 valence electrons. The van der Waals surface area contributed by atoms with Crippen LogP contribution >= 0.6 is 11.3 Å². The second-order valence-corrected chi connectivity index (χ2v) is 5.54. The van der Waals surface area contributed by atoms with Gasteiger partial charge in [0.2, 0.25) is 0 Å². The largest absolute Gasteiger partial charge is 0.392 e. The summed E-state index contributed by atoms with van der Waals surface area (Å²) in [5.74, 6) is -0.0348. The number of hydrogen-bond donors (Lipinski definition) is 1. The Kier molecular flexibility index (Phi) is 3.48. The van der Waals surface area contributed by atoms with Crippen LogP contribution in [0.4, 0.5) is 10.2 Å². The monoisotopic (exact) mass is 278 g/mol. The summed E-state index contributed by atoms with van der Waals surface area (Å²) in [6, 6.07) is 3.94. The fourth-order valence-corrected chi connectivity index (χ4v) is 2.80. The number of aliphatic hydroxyl groups is 1. The van der Waals surface area contributed by atoms with Gasteiger partial charge in [-0.1, -0.05) is 0 Å². The van der Waals surface area contributed by atoms with Gasteiger partial charge in [-0.3, -0.25) is 0 Å². The molecule has 3 nitrogen and oxygen atoms in total. The second kappa shape index (κ2) is 5.27. The molecule has 0 aromatic carbocycles. The molecule has 0 spiro atoms. The molecule has 0 unspecified atom stereocenters. The van der Waals surface area contributed by atoms with Crippen molar-refractivity contribution in [2.45, 2.75) is 32.0 Å². The Morgan fingerprint density at radius 3 is 2.89 bits per heavy atom. The van der Waals surface area contributed by atoms with Crippen molar-refractivity contribution in [3.8, 4) is 0 Å². The maximum Gasteiger partial charge on any atom is 0.171 e. The van der Waals surface area contributed by atoms with Crippen LogP contribution in [0, 0.1) is 5.82 Å². The van der Waals surface area contributed by atoms with Gasteiger partial charge in [0, 0.05) is 24.3 Å². The van der Waals surface area contributed by atoms with E-state index in [4.69, 9.17) is 5.11 Å². The van der Waals surface area contributed by atoms with Crippen LogP contribution in [0.2, 0.25) is 0 Å². The van der Waals surface area contributed by atoms with Crippen LogP contribution in [0.5, 0.6) is 0 Å². The van der Waals surface area contributed by atoms with Gasteiger partial charge in [-0.15, -0.1) is 0 Å². The fraction of sp³-hybridized carbons (Fsp3) is 0.357. The zero-order valence-corrected chi connectivity index (χ0v) is 11.2. The summed E-state index contributed by atoms with van der Waals surface area (Å²) in [5.41, 5.74) is 1.48. The summed E-state index contributed by atoms with van der Waals surface area (Å²) < 4.78 is 14.3. The molecule has 19 heavy (non-hydrogen) atoms. The molecule has 0 amide bonds. The number of pyridine rings is 1. The number of aromatic nitrogens is 1. The number of nitrogens with zero attached hydrogens (tertiary/aromatic N) is 2. The third-order valence-corrected chi connectivity index (χ3v) is 4.05. The zero-order chi connectivity index (χ0) is 13.2. The van der Waals surface area contributed by atoms with Crippen molar-refractivity contribution < 1.29 is 9.50 Å². The molecule has 3 rings (SSSR count). The zero-order valence-electron chi connectivity index (χ0n) is 10.4. The molecule has 2 heterocycles. The van der Waals surface area contributed by atoms with Crippen molar-refractivity contribution in [1.29, 1.82) is 0 Å². The molecule has 2 aromatic heterocycles. The molecular weight excluding hydrogens is 263 g/mol. The molecule has 2 aromatic rings. The molecule has 0 radical (unpaired) electrons. The minimum atomic E-state index is -0.396. The molecule has 1 aliphatic rings. The predicted octanol–water partition coefficient (Wildman–Crippen LogP) is 2.94. The molecule has 1 saturated carbocycles. The van der Waals surface area contributed by atoms with Gasteiger partial charge in [-0.05, 0) is 41.3 Å². The Morgan fingerprint density at radius 1 is 1.42 bits per heavy atom. The minimum Gasteiger partial charge on any atom is -0.392 e. The Labute approximate surface area is 115 Å². The van der Waals surface area contributed by atoms with Crippen molar-refractivity contribution >= 4 is 17.2 Å². The molecule has 0 aliphatic heterocycles. The number of hydrogen-bond acceptors (Lipinski definition) is 4.